The van der Waals surface area contributed by atoms with Gasteiger partial charge in [-0.2, -0.15) is 0 Å². The van der Waals surface area contributed by atoms with Gasteiger partial charge in [0.05, 0.1) is 0 Å². The van der Waals surface area contributed by atoms with Gasteiger partial charge < -0.3 is 16.4 Å². The average Bonchev–Trinajstić information content (AvgIpc) is 2.49. The van der Waals surface area contributed by atoms with Crippen molar-refractivity contribution in [3.05, 3.63) is 71.9 Å². The van der Waals surface area contributed by atoms with Gasteiger partial charge >= 0.3 is 6.03 Å². The molecule has 3 amide bonds. The summed E-state index contributed by atoms with van der Waals surface area (Å²) in [5, 5.41) is 5.24. The normalized spacial score (nSPS) is 10.3. The standard InChI is InChI=1S/C16H15N3O2/c17-15(20)13-6-8-14(9-7-13)19-16(21)18-11-10-12-4-2-1-3-5-12/h1-11H,(H2,17,20)(H2,18,19,21)/b11-10+. The first-order valence-electron chi connectivity index (χ1n) is 6.34. The summed E-state index contributed by atoms with van der Waals surface area (Å²) in [7, 11) is 0. The lowest BCUT2D eigenvalue weighted by molar-refractivity contribution is 0.100. The van der Waals surface area contributed by atoms with Crippen LogP contribution in [0.4, 0.5) is 10.5 Å². The summed E-state index contributed by atoms with van der Waals surface area (Å²) in [5.41, 5.74) is 7.10. The van der Waals surface area contributed by atoms with Gasteiger partial charge in [-0.1, -0.05) is 30.3 Å². The number of urea groups is 1. The van der Waals surface area contributed by atoms with Gasteiger partial charge in [0.2, 0.25) is 5.91 Å². The molecule has 2 aromatic carbocycles. The number of nitrogens with one attached hydrogen (secondary N) is 2. The molecular weight excluding hydrogens is 266 g/mol. The van der Waals surface area contributed by atoms with Gasteiger partial charge in [-0.15, -0.1) is 0 Å². The molecule has 0 aliphatic rings. The minimum atomic E-state index is -0.503. The first-order valence-corrected chi connectivity index (χ1v) is 6.34. The fraction of sp³-hybridized carbons (Fsp3) is 0. The SMILES string of the molecule is NC(=O)c1ccc(NC(=O)N/C=C/c2ccccc2)cc1. The van der Waals surface area contributed by atoms with Crippen LogP contribution >= 0.6 is 0 Å². The summed E-state index contributed by atoms with van der Waals surface area (Å²) in [6.07, 6.45) is 3.35. The molecule has 0 bridgehead atoms. The maximum Gasteiger partial charge on any atom is 0.323 e. The molecule has 0 fully saturated rings. The van der Waals surface area contributed by atoms with Crippen LogP contribution in [0, 0.1) is 0 Å². The Morgan fingerprint density at radius 2 is 1.62 bits per heavy atom. The Balaban J connectivity index is 1.87. The van der Waals surface area contributed by atoms with Crippen molar-refractivity contribution in [3.8, 4) is 0 Å². The summed E-state index contributed by atoms with van der Waals surface area (Å²) in [6.45, 7) is 0. The smallest absolute Gasteiger partial charge is 0.323 e. The van der Waals surface area contributed by atoms with E-state index in [1.54, 1.807) is 36.5 Å². The van der Waals surface area contributed by atoms with E-state index < -0.39 is 5.91 Å². The van der Waals surface area contributed by atoms with Gasteiger partial charge in [0.25, 0.3) is 0 Å². The number of nitrogens with two attached hydrogens (primary N) is 1. The van der Waals surface area contributed by atoms with Gasteiger partial charge in [0.1, 0.15) is 0 Å². The molecule has 0 unspecified atom stereocenters. The van der Waals surface area contributed by atoms with E-state index in [1.165, 1.54) is 0 Å². The van der Waals surface area contributed by atoms with Crippen LogP contribution in [0.15, 0.2) is 60.8 Å². The molecule has 106 valence electrons. The molecular formula is C16H15N3O2. The molecule has 4 N–H and O–H groups in total. The molecule has 0 aliphatic carbocycles. The summed E-state index contributed by atoms with van der Waals surface area (Å²) < 4.78 is 0. The lowest BCUT2D eigenvalue weighted by atomic mass is 10.2. The van der Waals surface area contributed by atoms with E-state index in [9.17, 15) is 9.59 Å². The van der Waals surface area contributed by atoms with Crippen LogP contribution < -0.4 is 16.4 Å². The lowest BCUT2D eigenvalue weighted by Gasteiger charge is -2.05. The Labute approximate surface area is 122 Å². The molecule has 0 radical (unpaired) electrons. The average molecular weight is 281 g/mol. The van der Waals surface area contributed by atoms with Crippen LogP contribution in [0.3, 0.4) is 0 Å². The number of hydrogen-bond acceptors (Lipinski definition) is 2. The molecule has 2 aromatic rings. The minimum Gasteiger partial charge on any atom is -0.366 e. The minimum absolute atomic E-state index is 0.367. The molecule has 0 spiro atoms. The Morgan fingerprint density at radius 1 is 0.952 bits per heavy atom. The highest BCUT2D eigenvalue weighted by Crippen LogP contribution is 2.08. The summed E-state index contributed by atoms with van der Waals surface area (Å²) in [6, 6.07) is 15.6. The molecule has 0 saturated heterocycles. The number of benzene rings is 2. The third-order valence-electron chi connectivity index (χ3n) is 2.72. The highest BCUT2D eigenvalue weighted by Gasteiger charge is 2.02. The quantitative estimate of drug-likeness (QED) is 0.804. The first kappa shape index (κ1) is 14.3. The molecule has 0 heterocycles. The third-order valence-corrected chi connectivity index (χ3v) is 2.72. The highest BCUT2D eigenvalue weighted by atomic mass is 16.2. The van der Waals surface area contributed by atoms with Crippen LogP contribution in [0.1, 0.15) is 15.9 Å². The lowest BCUT2D eigenvalue weighted by Crippen LogP contribution is -2.23. The van der Waals surface area contributed by atoms with Crippen LogP contribution in [0.25, 0.3) is 6.08 Å². The number of rotatable bonds is 4. The molecule has 5 nitrogen and oxygen atoms in total. The second kappa shape index (κ2) is 6.91. The van der Waals surface area contributed by atoms with Crippen molar-refractivity contribution in [2.75, 3.05) is 5.32 Å². The van der Waals surface area contributed by atoms with Crippen molar-refractivity contribution in [2.24, 2.45) is 5.73 Å². The molecule has 2 rings (SSSR count). The zero-order valence-electron chi connectivity index (χ0n) is 11.2. The van der Waals surface area contributed by atoms with Crippen molar-refractivity contribution < 1.29 is 9.59 Å². The Bertz CT molecular complexity index is 649. The molecule has 0 atom stereocenters. The zero-order valence-corrected chi connectivity index (χ0v) is 11.2. The van der Waals surface area contributed by atoms with Crippen LogP contribution in [-0.4, -0.2) is 11.9 Å². The number of carbonyl (C=O) groups excluding carboxylic acids is 2. The molecule has 0 aromatic heterocycles. The largest absolute Gasteiger partial charge is 0.366 e. The van der Waals surface area contributed by atoms with Gasteiger partial charge in [0.15, 0.2) is 0 Å². The van der Waals surface area contributed by atoms with Gasteiger partial charge in [-0.25, -0.2) is 4.79 Å². The van der Waals surface area contributed by atoms with Crippen LogP contribution in [0.5, 0.6) is 0 Å². The second-order valence-corrected chi connectivity index (χ2v) is 4.28. The number of hydrogen-bond donors (Lipinski definition) is 3. The van der Waals surface area contributed by atoms with Crippen molar-refractivity contribution in [2.45, 2.75) is 0 Å². The van der Waals surface area contributed by atoms with Crippen molar-refractivity contribution in [3.63, 3.8) is 0 Å². The predicted octanol–water partition coefficient (Wildman–Crippen LogP) is 2.58. The van der Waals surface area contributed by atoms with E-state index >= 15 is 0 Å². The van der Waals surface area contributed by atoms with E-state index in [2.05, 4.69) is 10.6 Å². The second-order valence-electron chi connectivity index (χ2n) is 4.28. The summed E-state index contributed by atoms with van der Waals surface area (Å²) in [5.74, 6) is -0.503. The fourth-order valence-electron chi connectivity index (χ4n) is 1.66. The van der Waals surface area contributed by atoms with Gasteiger partial charge in [0, 0.05) is 17.5 Å². The number of carbonyl (C=O) groups is 2. The Morgan fingerprint density at radius 3 is 2.24 bits per heavy atom. The van der Waals surface area contributed by atoms with Crippen molar-refractivity contribution >= 4 is 23.7 Å². The molecule has 0 aliphatic heterocycles. The molecule has 0 saturated carbocycles. The van der Waals surface area contributed by atoms with Gasteiger partial charge in [-0.05, 0) is 35.9 Å². The number of anilines is 1. The maximum absolute atomic E-state index is 11.7. The summed E-state index contributed by atoms with van der Waals surface area (Å²) in [4.78, 5) is 22.6. The van der Waals surface area contributed by atoms with E-state index in [0.29, 0.717) is 11.3 Å². The highest BCUT2D eigenvalue weighted by molar-refractivity contribution is 5.94. The number of amides is 3. The zero-order chi connectivity index (χ0) is 15.1. The van der Waals surface area contributed by atoms with E-state index in [0.717, 1.165) is 5.56 Å². The predicted molar refractivity (Wildman–Crippen MR) is 82.6 cm³/mol. The molecule has 5 heteroatoms. The monoisotopic (exact) mass is 281 g/mol. The fourth-order valence-corrected chi connectivity index (χ4v) is 1.66. The van der Waals surface area contributed by atoms with E-state index in [-0.39, 0.29) is 6.03 Å². The Hall–Kier alpha value is -3.08. The van der Waals surface area contributed by atoms with E-state index in [4.69, 9.17) is 5.73 Å². The van der Waals surface area contributed by atoms with Crippen LogP contribution in [-0.2, 0) is 0 Å². The summed E-state index contributed by atoms with van der Waals surface area (Å²) >= 11 is 0. The van der Waals surface area contributed by atoms with Gasteiger partial charge in [-0.3, -0.25) is 4.79 Å². The third kappa shape index (κ3) is 4.50. The first-order chi connectivity index (χ1) is 10.1. The van der Waals surface area contributed by atoms with Crippen molar-refractivity contribution in [1.29, 1.82) is 0 Å². The van der Waals surface area contributed by atoms with E-state index in [1.807, 2.05) is 30.3 Å². The Kier molecular flexibility index (Phi) is 4.71. The van der Waals surface area contributed by atoms with Crippen LogP contribution in [0.2, 0.25) is 0 Å². The maximum atomic E-state index is 11.7. The van der Waals surface area contributed by atoms with Crippen molar-refractivity contribution in [1.82, 2.24) is 5.32 Å². The topological polar surface area (TPSA) is 84.2 Å². The molecule has 21 heavy (non-hydrogen) atoms. The number of primary amides is 1.